The topological polar surface area (TPSA) is 102 Å². The van der Waals surface area contributed by atoms with Crippen LogP contribution in [0.4, 0.5) is 5.82 Å². The predicted molar refractivity (Wildman–Crippen MR) is 72.0 cm³/mol. The van der Waals surface area contributed by atoms with Crippen LogP contribution >= 0.6 is 11.8 Å². The van der Waals surface area contributed by atoms with Crippen LogP contribution in [0, 0.1) is 0 Å². The smallest absolute Gasteiger partial charge is 0.163 e. The standard InChI is InChI=1S/C10H16N6OS/c1-6(4-17)18-5-8-13-9(15-11)7-3-12-16(2)10(7)14-8/h3,6,17H,4-5,11H2,1-2H3,(H,13,14,15). The van der Waals surface area contributed by atoms with E-state index in [2.05, 4.69) is 20.5 Å². The number of aliphatic hydroxyl groups excluding tert-OH is 1. The Hall–Kier alpha value is -1.38. The molecule has 0 aromatic carbocycles. The van der Waals surface area contributed by atoms with Crippen molar-refractivity contribution in [3.8, 4) is 0 Å². The third kappa shape index (κ3) is 2.55. The fourth-order valence-electron chi connectivity index (χ4n) is 1.51. The van der Waals surface area contributed by atoms with Gasteiger partial charge in [0.2, 0.25) is 0 Å². The van der Waals surface area contributed by atoms with Gasteiger partial charge in [0, 0.05) is 12.3 Å². The molecule has 2 rings (SSSR count). The average molecular weight is 268 g/mol. The van der Waals surface area contributed by atoms with Crippen molar-refractivity contribution in [2.75, 3.05) is 12.0 Å². The molecule has 7 nitrogen and oxygen atoms in total. The molecule has 0 spiro atoms. The zero-order chi connectivity index (χ0) is 13.1. The van der Waals surface area contributed by atoms with E-state index in [9.17, 15) is 0 Å². The van der Waals surface area contributed by atoms with Crippen LogP contribution in [0.15, 0.2) is 6.20 Å². The second-order valence-corrected chi connectivity index (χ2v) is 5.37. The number of aromatic nitrogens is 4. The molecule has 18 heavy (non-hydrogen) atoms. The van der Waals surface area contributed by atoms with Gasteiger partial charge in [0.1, 0.15) is 5.82 Å². The van der Waals surface area contributed by atoms with E-state index in [0.717, 1.165) is 11.0 Å². The number of aliphatic hydroxyl groups is 1. The van der Waals surface area contributed by atoms with E-state index in [0.29, 0.717) is 17.4 Å². The summed E-state index contributed by atoms with van der Waals surface area (Å²) in [5, 5.41) is 14.1. The zero-order valence-electron chi connectivity index (χ0n) is 10.3. The molecule has 0 aliphatic carbocycles. The van der Waals surface area contributed by atoms with Gasteiger partial charge in [-0.05, 0) is 0 Å². The molecular formula is C10H16N6OS. The number of aryl methyl sites for hydroxylation is 1. The molecule has 0 fully saturated rings. The first-order valence-corrected chi connectivity index (χ1v) is 6.58. The zero-order valence-corrected chi connectivity index (χ0v) is 11.1. The van der Waals surface area contributed by atoms with Gasteiger partial charge in [-0.25, -0.2) is 15.8 Å². The number of hydrogen-bond acceptors (Lipinski definition) is 7. The molecule has 0 aliphatic rings. The second-order valence-electron chi connectivity index (χ2n) is 3.94. The lowest BCUT2D eigenvalue weighted by molar-refractivity contribution is 0.300. The number of hydrazine groups is 1. The van der Waals surface area contributed by atoms with Crippen LogP contribution in [-0.4, -0.2) is 36.7 Å². The Morgan fingerprint density at radius 2 is 2.33 bits per heavy atom. The van der Waals surface area contributed by atoms with Crippen molar-refractivity contribution in [3.05, 3.63) is 12.0 Å². The number of nitrogens with one attached hydrogen (secondary N) is 1. The molecule has 0 bridgehead atoms. The summed E-state index contributed by atoms with van der Waals surface area (Å²) < 4.78 is 1.68. The van der Waals surface area contributed by atoms with Crippen molar-refractivity contribution in [2.24, 2.45) is 12.9 Å². The lowest BCUT2D eigenvalue weighted by Crippen LogP contribution is -2.11. The Morgan fingerprint density at radius 3 is 3.00 bits per heavy atom. The lowest BCUT2D eigenvalue weighted by Gasteiger charge is -2.08. The van der Waals surface area contributed by atoms with Crippen molar-refractivity contribution in [1.82, 2.24) is 19.7 Å². The van der Waals surface area contributed by atoms with Crippen LogP contribution in [0.25, 0.3) is 11.0 Å². The molecule has 0 amide bonds. The summed E-state index contributed by atoms with van der Waals surface area (Å²) in [6.07, 6.45) is 1.68. The Labute approximate surface area is 109 Å². The maximum atomic E-state index is 8.99. The van der Waals surface area contributed by atoms with Crippen LogP contribution in [0.3, 0.4) is 0 Å². The average Bonchev–Trinajstić information content (AvgIpc) is 2.77. The lowest BCUT2D eigenvalue weighted by atomic mass is 10.4. The van der Waals surface area contributed by atoms with Crippen molar-refractivity contribution < 1.29 is 5.11 Å². The molecule has 4 N–H and O–H groups in total. The summed E-state index contributed by atoms with van der Waals surface area (Å²) in [5.74, 6) is 7.32. The SMILES string of the molecule is CC(CO)SCc1nc(NN)c2cnn(C)c2n1. The molecule has 2 aromatic rings. The monoisotopic (exact) mass is 268 g/mol. The van der Waals surface area contributed by atoms with E-state index >= 15 is 0 Å². The fraction of sp³-hybridized carbons (Fsp3) is 0.500. The Balaban J connectivity index is 2.31. The number of rotatable bonds is 5. The summed E-state index contributed by atoms with van der Waals surface area (Å²) in [6.45, 7) is 2.09. The van der Waals surface area contributed by atoms with Gasteiger partial charge in [-0.2, -0.15) is 5.10 Å². The van der Waals surface area contributed by atoms with Crippen molar-refractivity contribution in [2.45, 2.75) is 17.9 Å². The molecule has 2 heterocycles. The quantitative estimate of drug-likeness (QED) is 0.528. The van der Waals surface area contributed by atoms with Crippen LogP contribution in [0.1, 0.15) is 12.7 Å². The van der Waals surface area contributed by atoms with E-state index in [-0.39, 0.29) is 11.9 Å². The van der Waals surface area contributed by atoms with Crippen LogP contribution in [0.5, 0.6) is 0 Å². The highest BCUT2D eigenvalue weighted by Gasteiger charge is 2.11. The van der Waals surface area contributed by atoms with Gasteiger partial charge < -0.3 is 10.5 Å². The van der Waals surface area contributed by atoms with Gasteiger partial charge in [0.25, 0.3) is 0 Å². The van der Waals surface area contributed by atoms with E-state index in [1.165, 1.54) is 0 Å². The number of fused-ring (bicyclic) bond motifs is 1. The summed E-state index contributed by atoms with van der Waals surface area (Å²) in [7, 11) is 1.82. The molecule has 2 aromatic heterocycles. The number of nitrogens with zero attached hydrogens (tertiary/aromatic N) is 4. The van der Waals surface area contributed by atoms with Crippen LogP contribution < -0.4 is 11.3 Å². The highest BCUT2D eigenvalue weighted by molar-refractivity contribution is 7.99. The molecule has 0 saturated carbocycles. The molecule has 0 saturated heterocycles. The van der Waals surface area contributed by atoms with E-state index in [1.54, 1.807) is 22.6 Å². The summed E-state index contributed by atoms with van der Waals surface area (Å²) in [4.78, 5) is 8.78. The first kappa shape index (κ1) is 13.1. The molecule has 8 heteroatoms. The number of anilines is 1. The van der Waals surface area contributed by atoms with Crippen molar-refractivity contribution in [1.29, 1.82) is 0 Å². The number of thioether (sulfide) groups is 1. The van der Waals surface area contributed by atoms with Crippen LogP contribution in [0.2, 0.25) is 0 Å². The largest absolute Gasteiger partial charge is 0.395 e. The summed E-state index contributed by atoms with van der Waals surface area (Å²) in [6, 6.07) is 0. The predicted octanol–water partition coefficient (Wildman–Crippen LogP) is 0.263. The molecule has 1 unspecified atom stereocenters. The molecular weight excluding hydrogens is 252 g/mol. The van der Waals surface area contributed by atoms with Gasteiger partial charge in [0.05, 0.1) is 23.9 Å². The summed E-state index contributed by atoms with van der Waals surface area (Å²) in [5.41, 5.74) is 3.30. The third-order valence-electron chi connectivity index (χ3n) is 2.53. The normalized spacial score (nSPS) is 12.9. The van der Waals surface area contributed by atoms with Gasteiger partial charge in [-0.15, -0.1) is 11.8 Å². The minimum Gasteiger partial charge on any atom is -0.395 e. The fourth-order valence-corrected chi connectivity index (χ4v) is 2.18. The maximum absolute atomic E-state index is 8.99. The van der Waals surface area contributed by atoms with E-state index in [1.807, 2.05) is 14.0 Å². The minimum absolute atomic E-state index is 0.140. The van der Waals surface area contributed by atoms with Crippen molar-refractivity contribution in [3.63, 3.8) is 0 Å². The van der Waals surface area contributed by atoms with E-state index in [4.69, 9.17) is 10.9 Å². The van der Waals surface area contributed by atoms with Gasteiger partial charge >= 0.3 is 0 Å². The van der Waals surface area contributed by atoms with Crippen LogP contribution in [-0.2, 0) is 12.8 Å². The minimum atomic E-state index is 0.140. The first-order chi connectivity index (χ1) is 8.65. The first-order valence-electron chi connectivity index (χ1n) is 5.53. The number of nitrogen functional groups attached to an aromatic ring is 1. The highest BCUT2D eigenvalue weighted by Crippen LogP contribution is 2.21. The molecule has 0 aliphatic heterocycles. The third-order valence-corrected chi connectivity index (χ3v) is 3.67. The Bertz CT molecular complexity index is 542. The molecule has 98 valence electrons. The van der Waals surface area contributed by atoms with Crippen molar-refractivity contribution >= 4 is 28.6 Å². The van der Waals surface area contributed by atoms with Gasteiger partial charge in [-0.3, -0.25) is 4.68 Å². The maximum Gasteiger partial charge on any atom is 0.163 e. The number of hydrogen-bond donors (Lipinski definition) is 3. The summed E-state index contributed by atoms with van der Waals surface area (Å²) >= 11 is 1.59. The Morgan fingerprint density at radius 1 is 1.56 bits per heavy atom. The number of nitrogens with two attached hydrogens (primary N) is 1. The molecule has 1 atom stereocenters. The Kier molecular flexibility index (Phi) is 4.00. The van der Waals surface area contributed by atoms with E-state index < -0.39 is 0 Å². The molecule has 0 radical (unpaired) electrons. The second kappa shape index (κ2) is 5.51. The highest BCUT2D eigenvalue weighted by atomic mass is 32.2. The van der Waals surface area contributed by atoms with Gasteiger partial charge in [-0.1, -0.05) is 6.92 Å². The van der Waals surface area contributed by atoms with Gasteiger partial charge in [0.15, 0.2) is 11.5 Å².